The molecule has 6 heteroatoms. The summed E-state index contributed by atoms with van der Waals surface area (Å²) in [6.07, 6.45) is 2.39. The SMILES string of the molecule is CCc1ccc(Oc2ncnc(Nc3cccc(Cl)c3C)c2N)cc1. The van der Waals surface area contributed by atoms with Gasteiger partial charge in [0.1, 0.15) is 17.8 Å². The Morgan fingerprint density at radius 1 is 1.12 bits per heavy atom. The van der Waals surface area contributed by atoms with Crippen molar-refractivity contribution in [2.24, 2.45) is 0 Å². The van der Waals surface area contributed by atoms with E-state index in [-0.39, 0.29) is 0 Å². The fraction of sp³-hybridized carbons (Fsp3) is 0.158. The first kappa shape index (κ1) is 17.0. The molecule has 25 heavy (non-hydrogen) atoms. The van der Waals surface area contributed by atoms with E-state index in [0.717, 1.165) is 17.7 Å². The Labute approximate surface area is 151 Å². The van der Waals surface area contributed by atoms with Crippen molar-refractivity contribution in [1.29, 1.82) is 0 Å². The minimum atomic E-state index is 0.307. The van der Waals surface area contributed by atoms with Crippen LogP contribution in [0.25, 0.3) is 0 Å². The number of aryl methyl sites for hydroxylation is 1. The number of ether oxygens (including phenoxy) is 1. The number of aromatic nitrogens is 2. The van der Waals surface area contributed by atoms with Gasteiger partial charge in [0.15, 0.2) is 5.82 Å². The fourth-order valence-corrected chi connectivity index (χ4v) is 2.51. The van der Waals surface area contributed by atoms with Crippen molar-refractivity contribution in [3.8, 4) is 11.6 Å². The molecule has 0 radical (unpaired) electrons. The Bertz CT molecular complexity index is 881. The first-order valence-electron chi connectivity index (χ1n) is 7.98. The van der Waals surface area contributed by atoms with Crippen molar-refractivity contribution < 1.29 is 4.74 Å². The van der Waals surface area contributed by atoms with Crippen molar-refractivity contribution in [1.82, 2.24) is 9.97 Å². The number of nitrogens with zero attached hydrogens (tertiary/aromatic N) is 2. The molecule has 3 aromatic rings. The zero-order valence-corrected chi connectivity index (χ0v) is 14.8. The van der Waals surface area contributed by atoms with Gasteiger partial charge in [0.2, 0.25) is 5.88 Å². The second kappa shape index (κ2) is 7.40. The molecule has 0 saturated carbocycles. The molecule has 3 rings (SSSR count). The van der Waals surface area contributed by atoms with Crippen LogP contribution in [0.3, 0.4) is 0 Å². The van der Waals surface area contributed by atoms with Crippen molar-refractivity contribution in [3.63, 3.8) is 0 Å². The molecule has 1 aromatic heterocycles. The topological polar surface area (TPSA) is 73.1 Å². The van der Waals surface area contributed by atoms with Crippen LogP contribution in [-0.2, 0) is 6.42 Å². The van der Waals surface area contributed by atoms with Gasteiger partial charge in [-0.15, -0.1) is 0 Å². The maximum absolute atomic E-state index is 6.18. The average Bonchev–Trinajstić information content (AvgIpc) is 2.63. The van der Waals surface area contributed by atoms with Crippen LogP contribution < -0.4 is 15.8 Å². The standard InChI is InChI=1S/C19H19ClN4O/c1-3-13-7-9-14(10-8-13)25-19-17(21)18(22-11-23-19)24-16-6-4-5-15(20)12(16)2/h4-11H,3,21H2,1-2H3,(H,22,23,24). The van der Waals surface area contributed by atoms with E-state index in [0.29, 0.717) is 28.2 Å². The lowest BCUT2D eigenvalue weighted by molar-refractivity contribution is 0.464. The molecule has 0 aliphatic carbocycles. The summed E-state index contributed by atoms with van der Waals surface area (Å²) in [5.74, 6) is 1.45. The third-order valence-corrected chi connectivity index (χ3v) is 4.32. The Morgan fingerprint density at radius 3 is 2.60 bits per heavy atom. The Morgan fingerprint density at radius 2 is 1.88 bits per heavy atom. The van der Waals surface area contributed by atoms with E-state index in [1.807, 2.05) is 49.4 Å². The van der Waals surface area contributed by atoms with Gasteiger partial charge in [-0.25, -0.2) is 4.98 Å². The first-order chi connectivity index (χ1) is 12.1. The number of nitrogen functional groups attached to an aromatic ring is 1. The van der Waals surface area contributed by atoms with E-state index in [9.17, 15) is 0 Å². The second-order valence-electron chi connectivity index (χ2n) is 5.58. The highest BCUT2D eigenvalue weighted by atomic mass is 35.5. The van der Waals surface area contributed by atoms with Gasteiger partial charge < -0.3 is 15.8 Å². The van der Waals surface area contributed by atoms with Crippen LogP contribution in [-0.4, -0.2) is 9.97 Å². The minimum Gasteiger partial charge on any atom is -0.437 e. The molecule has 3 N–H and O–H groups in total. The van der Waals surface area contributed by atoms with Gasteiger partial charge >= 0.3 is 0 Å². The highest BCUT2D eigenvalue weighted by Gasteiger charge is 2.12. The van der Waals surface area contributed by atoms with Crippen molar-refractivity contribution in [2.75, 3.05) is 11.1 Å². The number of nitrogens with two attached hydrogens (primary N) is 1. The Balaban J connectivity index is 1.85. The molecule has 0 spiro atoms. The number of halogens is 1. The summed E-state index contributed by atoms with van der Waals surface area (Å²) in [5.41, 5.74) is 9.50. The molecule has 0 atom stereocenters. The van der Waals surface area contributed by atoms with Crippen molar-refractivity contribution in [3.05, 3.63) is 64.9 Å². The number of hydrogen-bond acceptors (Lipinski definition) is 5. The van der Waals surface area contributed by atoms with Crippen LogP contribution in [0, 0.1) is 6.92 Å². The number of nitrogens with one attached hydrogen (secondary N) is 1. The molecule has 2 aromatic carbocycles. The molecular weight excluding hydrogens is 336 g/mol. The van der Waals surface area contributed by atoms with Gasteiger partial charge in [-0.1, -0.05) is 36.7 Å². The first-order valence-corrected chi connectivity index (χ1v) is 8.35. The largest absolute Gasteiger partial charge is 0.437 e. The Kier molecular flexibility index (Phi) is 5.05. The molecular formula is C19H19ClN4O. The fourth-order valence-electron chi connectivity index (χ4n) is 2.34. The predicted molar refractivity (Wildman–Crippen MR) is 102 cm³/mol. The van der Waals surface area contributed by atoms with Crippen molar-refractivity contribution in [2.45, 2.75) is 20.3 Å². The summed E-state index contributed by atoms with van der Waals surface area (Å²) >= 11 is 6.15. The van der Waals surface area contributed by atoms with Gasteiger partial charge in [0, 0.05) is 10.7 Å². The normalized spacial score (nSPS) is 10.5. The lowest BCUT2D eigenvalue weighted by Crippen LogP contribution is -2.04. The van der Waals surface area contributed by atoms with E-state index in [4.69, 9.17) is 22.1 Å². The van der Waals surface area contributed by atoms with Crippen LogP contribution in [0.5, 0.6) is 11.6 Å². The van der Waals surface area contributed by atoms with E-state index in [1.165, 1.54) is 11.9 Å². The lowest BCUT2D eigenvalue weighted by atomic mass is 10.2. The zero-order valence-electron chi connectivity index (χ0n) is 14.1. The van der Waals surface area contributed by atoms with Crippen LogP contribution in [0.1, 0.15) is 18.1 Å². The molecule has 0 fully saturated rings. The summed E-state index contributed by atoms with van der Waals surface area (Å²) in [7, 11) is 0. The minimum absolute atomic E-state index is 0.307. The summed E-state index contributed by atoms with van der Waals surface area (Å²) in [6.45, 7) is 4.03. The van der Waals surface area contributed by atoms with Gasteiger partial charge in [-0.05, 0) is 48.7 Å². The highest BCUT2D eigenvalue weighted by molar-refractivity contribution is 6.31. The van der Waals surface area contributed by atoms with Gasteiger partial charge in [0.25, 0.3) is 0 Å². The summed E-state index contributed by atoms with van der Waals surface area (Å²) in [4.78, 5) is 8.34. The van der Waals surface area contributed by atoms with Crippen LogP contribution in [0.15, 0.2) is 48.8 Å². The number of benzene rings is 2. The van der Waals surface area contributed by atoms with E-state index >= 15 is 0 Å². The smallest absolute Gasteiger partial charge is 0.248 e. The quantitative estimate of drug-likeness (QED) is 0.665. The van der Waals surface area contributed by atoms with Crippen LogP contribution >= 0.6 is 11.6 Å². The third-order valence-electron chi connectivity index (χ3n) is 3.91. The van der Waals surface area contributed by atoms with Crippen LogP contribution in [0.4, 0.5) is 17.2 Å². The highest BCUT2D eigenvalue weighted by Crippen LogP contribution is 2.32. The lowest BCUT2D eigenvalue weighted by Gasteiger charge is -2.13. The maximum atomic E-state index is 6.18. The van der Waals surface area contributed by atoms with Crippen molar-refractivity contribution >= 4 is 28.8 Å². The molecule has 0 amide bonds. The van der Waals surface area contributed by atoms with Gasteiger partial charge in [0.05, 0.1) is 0 Å². The molecule has 0 saturated heterocycles. The second-order valence-corrected chi connectivity index (χ2v) is 5.99. The molecule has 0 aliphatic rings. The summed E-state index contributed by atoms with van der Waals surface area (Å²) < 4.78 is 5.80. The molecule has 128 valence electrons. The number of rotatable bonds is 5. The summed E-state index contributed by atoms with van der Waals surface area (Å²) in [5, 5.41) is 3.86. The van der Waals surface area contributed by atoms with Crippen LogP contribution in [0.2, 0.25) is 5.02 Å². The molecule has 0 aliphatic heterocycles. The number of anilines is 3. The number of hydrogen-bond donors (Lipinski definition) is 2. The predicted octanol–water partition coefficient (Wildman–Crippen LogP) is 5.12. The molecule has 0 unspecified atom stereocenters. The maximum Gasteiger partial charge on any atom is 0.248 e. The molecule has 5 nitrogen and oxygen atoms in total. The molecule has 1 heterocycles. The third kappa shape index (κ3) is 3.83. The average molecular weight is 355 g/mol. The van der Waals surface area contributed by atoms with E-state index < -0.39 is 0 Å². The van der Waals surface area contributed by atoms with Gasteiger partial charge in [-0.3, -0.25) is 0 Å². The van der Waals surface area contributed by atoms with E-state index in [1.54, 1.807) is 0 Å². The molecule has 0 bridgehead atoms. The monoisotopic (exact) mass is 354 g/mol. The van der Waals surface area contributed by atoms with Gasteiger partial charge in [-0.2, -0.15) is 4.98 Å². The van der Waals surface area contributed by atoms with E-state index in [2.05, 4.69) is 22.2 Å². The Hall–Kier alpha value is -2.79. The summed E-state index contributed by atoms with van der Waals surface area (Å²) in [6, 6.07) is 13.4. The zero-order chi connectivity index (χ0) is 17.8.